The molecule has 1 aromatic carbocycles. The Balaban J connectivity index is 2.67. The maximum atomic E-state index is 5.42. The lowest BCUT2D eigenvalue weighted by Gasteiger charge is -2.18. The highest BCUT2D eigenvalue weighted by Crippen LogP contribution is 2.30. The lowest BCUT2D eigenvalue weighted by Crippen LogP contribution is -2.27. The number of hydrogen-bond acceptors (Lipinski definition) is 3. The average Bonchev–Trinajstić information content (AvgIpc) is 2.34. The van der Waals surface area contributed by atoms with Gasteiger partial charge in [0.1, 0.15) is 0 Å². The minimum absolute atomic E-state index is 0.501. The molecule has 0 saturated heterocycles. The van der Waals surface area contributed by atoms with Crippen molar-refractivity contribution < 1.29 is 9.47 Å². The zero-order valence-electron chi connectivity index (χ0n) is 12.1. The standard InChI is InChI=1S/C15H25NO2/c1-11(2)9-12(3)16-10-13-7-6-8-14(17-4)15(13)18-5/h6-8,11-12,16H,9-10H2,1-5H3. The van der Waals surface area contributed by atoms with Crippen molar-refractivity contribution in [3.63, 3.8) is 0 Å². The van der Waals surface area contributed by atoms with E-state index in [0.29, 0.717) is 12.0 Å². The van der Waals surface area contributed by atoms with Gasteiger partial charge < -0.3 is 14.8 Å². The van der Waals surface area contributed by atoms with Crippen LogP contribution in [0.15, 0.2) is 18.2 Å². The molecule has 3 nitrogen and oxygen atoms in total. The summed E-state index contributed by atoms with van der Waals surface area (Å²) in [5, 5.41) is 3.52. The number of para-hydroxylation sites is 1. The smallest absolute Gasteiger partial charge is 0.165 e. The maximum Gasteiger partial charge on any atom is 0.165 e. The monoisotopic (exact) mass is 251 g/mol. The molecule has 3 heteroatoms. The molecule has 0 amide bonds. The van der Waals surface area contributed by atoms with Gasteiger partial charge >= 0.3 is 0 Å². The second-order valence-corrected chi connectivity index (χ2v) is 5.06. The molecule has 0 heterocycles. The van der Waals surface area contributed by atoms with Crippen LogP contribution in [0.2, 0.25) is 0 Å². The van der Waals surface area contributed by atoms with E-state index in [2.05, 4.69) is 32.2 Å². The third-order valence-corrected chi connectivity index (χ3v) is 2.95. The van der Waals surface area contributed by atoms with Crippen LogP contribution in [0.25, 0.3) is 0 Å². The van der Waals surface area contributed by atoms with Gasteiger partial charge in [-0.2, -0.15) is 0 Å². The van der Waals surface area contributed by atoms with Crippen LogP contribution in [-0.2, 0) is 6.54 Å². The van der Waals surface area contributed by atoms with Crippen molar-refractivity contribution in [1.29, 1.82) is 0 Å². The Morgan fingerprint density at radius 1 is 1.11 bits per heavy atom. The van der Waals surface area contributed by atoms with Gasteiger partial charge in [0.15, 0.2) is 11.5 Å². The second-order valence-electron chi connectivity index (χ2n) is 5.06. The molecule has 0 aliphatic heterocycles. The Labute approximate surface area is 110 Å². The SMILES string of the molecule is COc1cccc(CNC(C)CC(C)C)c1OC. The zero-order chi connectivity index (χ0) is 13.5. The molecule has 0 radical (unpaired) electrons. The molecule has 0 aromatic heterocycles. The number of nitrogens with one attached hydrogen (secondary N) is 1. The summed E-state index contributed by atoms with van der Waals surface area (Å²) in [6.07, 6.45) is 1.17. The van der Waals surface area contributed by atoms with Crippen LogP contribution in [-0.4, -0.2) is 20.3 Å². The van der Waals surface area contributed by atoms with Crippen molar-refractivity contribution in [1.82, 2.24) is 5.32 Å². The van der Waals surface area contributed by atoms with Crippen molar-refractivity contribution in [3.8, 4) is 11.5 Å². The summed E-state index contributed by atoms with van der Waals surface area (Å²) >= 11 is 0. The summed E-state index contributed by atoms with van der Waals surface area (Å²) in [4.78, 5) is 0. The summed E-state index contributed by atoms with van der Waals surface area (Å²) in [6.45, 7) is 7.50. The van der Waals surface area contributed by atoms with Gasteiger partial charge in [0.05, 0.1) is 14.2 Å². The Morgan fingerprint density at radius 2 is 1.83 bits per heavy atom. The van der Waals surface area contributed by atoms with Crippen molar-refractivity contribution in [2.24, 2.45) is 5.92 Å². The first-order chi connectivity index (χ1) is 8.58. The molecular formula is C15H25NO2. The van der Waals surface area contributed by atoms with Crippen LogP contribution < -0.4 is 14.8 Å². The van der Waals surface area contributed by atoms with E-state index in [4.69, 9.17) is 9.47 Å². The molecule has 1 aromatic rings. The highest BCUT2D eigenvalue weighted by molar-refractivity contribution is 5.46. The number of benzene rings is 1. The van der Waals surface area contributed by atoms with Gasteiger partial charge in [0.2, 0.25) is 0 Å². The lowest BCUT2D eigenvalue weighted by molar-refractivity contribution is 0.349. The molecule has 1 rings (SSSR count). The molecule has 0 aliphatic carbocycles. The fraction of sp³-hybridized carbons (Fsp3) is 0.600. The molecule has 0 spiro atoms. The number of rotatable bonds is 7. The van der Waals surface area contributed by atoms with Gasteiger partial charge in [-0.05, 0) is 25.3 Å². The topological polar surface area (TPSA) is 30.5 Å². The average molecular weight is 251 g/mol. The van der Waals surface area contributed by atoms with Gasteiger partial charge in [-0.25, -0.2) is 0 Å². The van der Waals surface area contributed by atoms with Crippen LogP contribution in [0.3, 0.4) is 0 Å². The van der Waals surface area contributed by atoms with Crippen molar-refractivity contribution in [2.75, 3.05) is 14.2 Å². The molecule has 0 saturated carbocycles. The maximum absolute atomic E-state index is 5.42. The second kappa shape index (κ2) is 7.27. The molecule has 1 atom stereocenters. The molecule has 1 unspecified atom stereocenters. The number of hydrogen-bond donors (Lipinski definition) is 1. The highest BCUT2D eigenvalue weighted by Gasteiger charge is 2.10. The van der Waals surface area contributed by atoms with Gasteiger partial charge in [-0.15, -0.1) is 0 Å². The Morgan fingerprint density at radius 3 is 2.39 bits per heavy atom. The summed E-state index contributed by atoms with van der Waals surface area (Å²) in [7, 11) is 3.34. The number of methoxy groups -OCH3 is 2. The van der Waals surface area contributed by atoms with E-state index in [1.165, 1.54) is 6.42 Å². The quantitative estimate of drug-likeness (QED) is 0.807. The van der Waals surface area contributed by atoms with Gasteiger partial charge in [0.25, 0.3) is 0 Å². The van der Waals surface area contributed by atoms with Crippen LogP contribution in [0, 0.1) is 5.92 Å². The van der Waals surface area contributed by atoms with E-state index in [-0.39, 0.29) is 0 Å². The Bertz CT molecular complexity index is 364. The van der Waals surface area contributed by atoms with Crippen LogP contribution in [0.4, 0.5) is 0 Å². The summed E-state index contributed by atoms with van der Waals surface area (Å²) < 4.78 is 10.7. The van der Waals surface area contributed by atoms with E-state index in [0.717, 1.165) is 23.6 Å². The normalized spacial score (nSPS) is 12.6. The first-order valence-corrected chi connectivity index (χ1v) is 6.51. The minimum Gasteiger partial charge on any atom is -0.493 e. The van der Waals surface area contributed by atoms with Gasteiger partial charge in [0, 0.05) is 18.2 Å². The molecule has 0 fully saturated rings. The van der Waals surface area contributed by atoms with Gasteiger partial charge in [-0.1, -0.05) is 26.0 Å². The van der Waals surface area contributed by atoms with Crippen LogP contribution in [0.1, 0.15) is 32.8 Å². The van der Waals surface area contributed by atoms with Crippen LogP contribution >= 0.6 is 0 Å². The molecule has 18 heavy (non-hydrogen) atoms. The minimum atomic E-state index is 0.501. The molecular weight excluding hydrogens is 226 g/mol. The molecule has 1 N–H and O–H groups in total. The first-order valence-electron chi connectivity index (χ1n) is 6.51. The zero-order valence-corrected chi connectivity index (χ0v) is 12.1. The lowest BCUT2D eigenvalue weighted by atomic mass is 10.0. The van der Waals surface area contributed by atoms with E-state index in [1.54, 1.807) is 14.2 Å². The summed E-state index contributed by atoms with van der Waals surface area (Å²) in [6, 6.07) is 6.47. The summed E-state index contributed by atoms with van der Waals surface area (Å²) in [5.41, 5.74) is 1.13. The van der Waals surface area contributed by atoms with E-state index < -0.39 is 0 Å². The van der Waals surface area contributed by atoms with Gasteiger partial charge in [-0.3, -0.25) is 0 Å². The Hall–Kier alpha value is -1.22. The van der Waals surface area contributed by atoms with E-state index in [9.17, 15) is 0 Å². The molecule has 0 bridgehead atoms. The van der Waals surface area contributed by atoms with Crippen molar-refractivity contribution in [2.45, 2.75) is 39.8 Å². The number of ether oxygens (including phenoxy) is 2. The largest absolute Gasteiger partial charge is 0.493 e. The predicted octanol–water partition coefficient (Wildman–Crippen LogP) is 3.23. The first kappa shape index (κ1) is 14.8. The third kappa shape index (κ3) is 4.22. The predicted molar refractivity (Wildman–Crippen MR) is 75.3 cm³/mol. The van der Waals surface area contributed by atoms with Crippen molar-refractivity contribution in [3.05, 3.63) is 23.8 Å². The van der Waals surface area contributed by atoms with E-state index in [1.807, 2.05) is 12.1 Å². The molecule has 0 aliphatic rings. The Kier molecular flexibility index (Phi) is 5.99. The highest BCUT2D eigenvalue weighted by atomic mass is 16.5. The van der Waals surface area contributed by atoms with Crippen molar-refractivity contribution >= 4 is 0 Å². The van der Waals surface area contributed by atoms with E-state index >= 15 is 0 Å². The van der Waals surface area contributed by atoms with Crippen LogP contribution in [0.5, 0.6) is 11.5 Å². The fourth-order valence-corrected chi connectivity index (χ4v) is 2.17. The fourth-order valence-electron chi connectivity index (χ4n) is 2.17. The molecule has 102 valence electrons. The third-order valence-electron chi connectivity index (χ3n) is 2.95. The summed E-state index contributed by atoms with van der Waals surface area (Å²) in [5.74, 6) is 2.32.